The van der Waals surface area contributed by atoms with E-state index >= 15 is 0 Å². The molecule has 1 aliphatic rings. The Morgan fingerprint density at radius 2 is 1.97 bits per heavy atom. The lowest BCUT2D eigenvalue weighted by Crippen LogP contribution is -2.47. The van der Waals surface area contributed by atoms with Crippen LogP contribution < -0.4 is 16.0 Å². The van der Waals surface area contributed by atoms with Crippen LogP contribution in [-0.2, 0) is 9.53 Å². The first-order chi connectivity index (χ1) is 13.8. The average Bonchev–Trinajstić information content (AvgIpc) is 2.66. The van der Waals surface area contributed by atoms with Gasteiger partial charge in [-0.1, -0.05) is 12.1 Å². The van der Waals surface area contributed by atoms with Gasteiger partial charge in [0.15, 0.2) is 5.96 Å². The number of hydrogen-bond acceptors (Lipinski definition) is 4. The van der Waals surface area contributed by atoms with Crippen LogP contribution in [0.2, 0.25) is 0 Å². The molecule has 0 aliphatic carbocycles. The van der Waals surface area contributed by atoms with Crippen molar-refractivity contribution in [3.05, 3.63) is 35.6 Å². The van der Waals surface area contributed by atoms with Crippen LogP contribution in [0.1, 0.15) is 39.3 Å². The number of nitrogens with one attached hydrogen (secondary N) is 3. The highest BCUT2D eigenvalue weighted by molar-refractivity contribution is 14.0. The molecule has 0 radical (unpaired) electrons. The Kier molecular flexibility index (Phi) is 11.6. The molecule has 0 saturated carbocycles. The fraction of sp³-hybridized carbons (Fsp3) is 0.619. The van der Waals surface area contributed by atoms with Crippen molar-refractivity contribution < 1.29 is 13.9 Å². The maximum atomic E-state index is 13.8. The van der Waals surface area contributed by atoms with E-state index in [-0.39, 0.29) is 53.8 Å². The summed E-state index contributed by atoms with van der Waals surface area (Å²) in [5.41, 5.74) is 0.609. The fourth-order valence-electron chi connectivity index (χ4n) is 3.20. The van der Waals surface area contributed by atoms with E-state index < -0.39 is 0 Å². The summed E-state index contributed by atoms with van der Waals surface area (Å²) in [4.78, 5) is 18.7. The number of morpholine rings is 1. The second-order valence-electron chi connectivity index (χ2n) is 8.09. The number of guanidine groups is 1. The van der Waals surface area contributed by atoms with Gasteiger partial charge in [-0.3, -0.25) is 9.69 Å². The van der Waals surface area contributed by atoms with Crippen LogP contribution in [0.25, 0.3) is 0 Å². The molecular weight excluding hydrogens is 500 g/mol. The first-order valence-corrected chi connectivity index (χ1v) is 10.2. The molecule has 1 unspecified atom stereocenters. The summed E-state index contributed by atoms with van der Waals surface area (Å²) in [6, 6.07) is 6.66. The van der Waals surface area contributed by atoms with Crippen molar-refractivity contribution in [3.63, 3.8) is 0 Å². The number of carbonyl (C=O) groups is 1. The van der Waals surface area contributed by atoms with Gasteiger partial charge in [0.1, 0.15) is 12.4 Å². The summed E-state index contributed by atoms with van der Waals surface area (Å²) >= 11 is 0. The molecule has 1 atom stereocenters. The minimum Gasteiger partial charge on any atom is -0.379 e. The normalized spacial score (nSPS) is 16.4. The largest absolute Gasteiger partial charge is 0.379 e. The Balaban J connectivity index is 0.00000450. The van der Waals surface area contributed by atoms with Gasteiger partial charge in [-0.25, -0.2) is 9.38 Å². The Hall–Kier alpha value is -1.46. The van der Waals surface area contributed by atoms with E-state index in [0.29, 0.717) is 32.3 Å². The van der Waals surface area contributed by atoms with Crippen molar-refractivity contribution >= 4 is 35.8 Å². The molecule has 0 aromatic heterocycles. The monoisotopic (exact) mass is 535 g/mol. The third kappa shape index (κ3) is 9.57. The molecule has 1 aliphatic heterocycles. The lowest BCUT2D eigenvalue weighted by Gasteiger charge is -2.35. The van der Waals surface area contributed by atoms with E-state index in [1.54, 1.807) is 12.1 Å². The van der Waals surface area contributed by atoms with Crippen molar-refractivity contribution in [1.82, 2.24) is 20.9 Å². The summed E-state index contributed by atoms with van der Waals surface area (Å²) in [5.74, 6) is 0.177. The molecule has 1 aromatic carbocycles. The highest BCUT2D eigenvalue weighted by Gasteiger charge is 2.23. The standard InChI is InChI=1S/C21H34FN5O2.HI/c1-5-23-20(25-15-19(28)26-21(2,3)4)24-14-18(27-9-11-29-12-10-27)16-7-6-8-17(22)13-16;/h6-8,13,18H,5,9-12,14-15H2,1-4H3,(H,26,28)(H2,23,24,25);1H. The summed E-state index contributed by atoms with van der Waals surface area (Å²) in [7, 11) is 0. The maximum Gasteiger partial charge on any atom is 0.242 e. The van der Waals surface area contributed by atoms with Crippen molar-refractivity contribution in [2.24, 2.45) is 4.99 Å². The molecule has 0 spiro atoms. The molecule has 1 saturated heterocycles. The topological polar surface area (TPSA) is 78.0 Å². The summed E-state index contributed by atoms with van der Waals surface area (Å²) < 4.78 is 19.3. The lowest BCUT2D eigenvalue weighted by molar-refractivity contribution is -0.121. The number of rotatable bonds is 7. The van der Waals surface area contributed by atoms with E-state index in [2.05, 4.69) is 25.8 Å². The van der Waals surface area contributed by atoms with Gasteiger partial charge >= 0.3 is 0 Å². The van der Waals surface area contributed by atoms with Crippen LogP contribution in [0.3, 0.4) is 0 Å². The van der Waals surface area contributed by atoms with Crippen LogP contribution in [0, 0.1) is 5.82 Å². The van der Waals surface area contributed by atoms with Gasteiger partial charge in [0, 0.05) is 31.7 Å². The molecule has 3 N–H and O–H groups in total. The van der Waals surface area contributed by atoms with Gasteiger partial charge in [0.25, 0.3) is 0 Å². The molecular formula is C21H35FIN5O2. The number of nitrogens with zero attached hydrogens (tertiary/aromatic N) is 2. The van der Waals surface area contributed by atoms with Gasteiger partial charge < -0.3 is 20.7 Å². The minimum atomic E-state index is -0.294. The Morgan fingerprint density at radius 3 is 2.57 bits per heavy atom. The smallest absolute Gasteiger partial charge is 0.242 e. The first-order valence-electron chi connectivity index (χ1n) is 10.2. The average molecular weight is 535 g/mol. The Bertz CT molecular complexity index is 690. The van der Waals surface area contributed by atoms with Gasteiger partial charge in [-0.15, -0.1) is 24.0 Å². The predicted molar refractivity (Wildman–Crippen MR) is 129 cm³/mol. The molecule has 7 nitrogen and oxygen atoms in total. The predicted octanol–water partition coefficient (Wildman–Crippen LogP) is 2.29. The first kappa shape index (κ1) is 26.6. The van der Waals surface area contributed by atoms with E-state index in [9.17, 15) is 9.18 Å². The number of benzene rings is 1. The SMILES string of the molecule is CCNC(=NCC(=O)NC(C)(C)C)NCC(c1cccc(F)c1)N1CCOCC1.I. The van der Waals surface area contributed by atoms with Crippen LogP contribution in [0.5, 0.6) is 0 Å². The summed E-state index contributed by atoms with van der Waals surface area (Å²) in [6.45, 7) is 11.9. The molecule has 1 aromatic rings. The molecule has 0 bridgehead atoms. The second-order valence-corrected chi connectivity index (χ2v) is 8.09. The number of hydrogen-bond donors (Lipinski definition) is 3. The zero-order chi connectivity index (χ0) is 21.3. The number of carbonyl (C=O) groups excluding carboxylic acids is 1. The zero-order valence-corrected chi connectivity index (χ0v) is 20.7. The molecule has 1 amide bonds. The van der Waals surface area contributed by atoms with E-state index in [0.717, 1.165) is 18.7 Å². The molecule has 1 heterocycles. The van der Waals surface area contributed by atoms with Crippen molar-refractivity contribution in [3.8, 4) is 0 Å². The molecule has 30 heavy (non-hydrogen) atoms. The van der Waals surface area contributed by atoms with E-state index in [1.165, 1.54) is 6.07 Å². The fourth-order valence-corrected chi connectivity index (χ4v) is 3.20. The number of amides is 1. The third-order valence-corrected chi connectivity index (χ3v) is 4.42. The zero-order valence-electron chi connectivity index (χ0n) is 18.3. The van der Waals surface area contributed by atoms with E-state index in [1.807, 2.05) is 33.8 Å². The molecule has 170 valence electrons. The van der Waals surface area contributed by atoms with Gasteiger partial charge in [-0.2, -0.15) is 0 Å². The second kappa shape index (κ2) is 13.1. The van der Waals surface area contributed by atoms with Crippen molar-refractivity contribution in [1.29, 1.82) is 0 Å². The van der Waals surface area contributed by atoms with Crippen LogP contribution in [0.4, 0.5) is 4.39 Å². The number of halogens is 2. The van der Waals surface area contributed by atoms with Gasteiger partial charge in [0.05, 0.1) is 19.3 Å². The minimum absolute atomic E-state index is 0. The van der Waals surface area contributed by atoms with Crippen LogP contribution in [0.15, 0.2) is 29.3 Å². The van der Waals surface area contributed by atoms with Crippen molar-refractivity contribution in [2.45, 2.75) is 39.3 Å². The number of aliphatic imine (C=N–C) groups is 1. The van der Waals surface area contributed by atoms with Crippen LogP contribution >= 0.6 is 24.0 Å². The van der Waals surface area contributed by atoms with Gasteiger partial charge in [-0.05, 0) is 45.4 Å². The molecule has 1 fully saturated rings. The lowest BCUT2D eigenvalue weighted by atomic mass is 10.0. The van der Waals surface area contributed by atoms with Crippen molar-refractivity contribution in [2.75, 3.05) is 45.9 Å². The summed E-state index contributed by atoms with van der Waals surface area (Å²) in [6.07, 6.45) is 0. The Morgan fingerprint density at radius 1 is 1.27 bits per heavy atom. The van der Waals surface area contributed by atoms with Crippen LogP contribution in [-0.4, -0.2) is 68.2 Å². The Labute approximate surface area is 196 Å². The third-order valence-electron chi connectivity index (χ3n) is 4.42. The molecule has 9 heteroatoms. The quantitative estimate of drug-likeness (QED) is 0.284. The highest BCUT2D eigenvalue weighted by Crippen LogP contribution is 2.22. The molecule has 2 rings (SSSR count). The summed E-state index contributed by atoms with van der Waals surface area (Å²) in [5, 5.41) is 9.37. The van der Waals surface area contributed by atoms with Gasteiger partial charge in [0.2, 0.25) is 5.91 Å². The van der Waals surface area contributed by atoms with E-state index in [4.69, 9.17) is 4.74 Å². The highest BCUT2D eigenvalue weighted by atomic mass is 127. The maximum absolute atomic E-state index is 13.8. The number of ether oxygens (including phenoxy) is 1.